The van der Waals surface area contributed by atoms with E-state index in [0.29, 0.717) is 69.8 Å². The van der Waals surface area contributed by atoms with Crippen LogP contribution in [0.5, 0.6) is 0 Å². The second kappa shape index (κ2) is 15.0. The van der Waals surface area contributed by atoms with Crippen molar-refractivity contribution in [3.05, 3.63) is 34.4 Å². The van der Waals surface area contributed by atoms with Gasteiger partial charge in [0, 0.05) is 25.7 Å². The van der Waals surface area contributed by atoms with Crippen molar-refractivity contribution >= 4 is 44.7 Å². The Hall–Kier alpha value is -2.97. The maximum absolute atomic E-state index is 12.7. The third kappa shape index (κ3) is 9.49. The van der Waals surface area contributed by atoms with E-state index in [-0.39, 0.29) is 21.6 Å². The van der Waals surface area contributed by atoms with Gasteiger partial charge in [-0.3, -0.25) is 14.9 Å². The lowest BCUT2D eigenvalue weighted by Gasteiger charge is -2.13. The first-order valence-corrected chi connectivity index (χ1v) is 11.5. The molecule has 2 aromatic rings. The molecule has 0 bridgehead atoms. The molecule has 0 unspecified atom stereocenters. The molecule has 12 nitrogen and oxygen atoms in total. The molecule has 186 valence electrons. The summed E-state index contributed by atoms with van der Waals surface area (Å²) in [7, 11) is 0. The number of carbonyl (C=O) groups is 2. The van der Waals surface area contributed by atoms with Gasteiger partial charge in [-0.25, -0.2) is 4.98 Å². The van der Waals surface area contributed by atoms with Crippen LogP contribution in [0.25, 0.3) is 0 Å². The van der Waals surface area contributed by atoms with Crippen molar-refractivity contribution < 1.29 is 23.8 Å². The van der Waals surface area contributed by atoms with Crippen molar-refractivity contribution in [3.8, 4) is 0 Å². The summed E-state index contributed by atoms with van der Waals surface area (Å²) in [5, 5.41) is 11.8. The second-order valence-electron chi connectivity index (χ2n) is 6.95. The summed E-state index contributed by atoms with van der Waals surface area (Å²) in [5.74, 6) is -0.793. The summed E-state index contributed by atoms with van der Waals surface area (Å²) in [5.41, 5.74) is 7.05. The number of rotatable bonds is 16. The van der Waals surface area contributed by atoms with Crippen LogP contribution in [0.4, 0.5) is 21.5 Å². The van der Waals surface area contributed by atoms with Crippen LogP contribution in [0, 0.1) is 11.8 Å². The molecule has 0 aliphatic heterocycles. The van der Waals surface area contributed by atoms with Crippen LogP contribution in [0.3, 0.4) is 0 Å². The zero-order valence-electron chi connectivity index (χ0n) is 19.2. The predicted octanol–water partition coefficient (Wildman–Crippen LogP) is 2.48. The highest BCUT2D eigenvalue weighted by Gasteiger charge is 2.16. The van der Waals surface area contributed by atoms with E-state index < -0.39 is 5.91 Å². The largest absolute Gasteiger partial charge is 0.383 e. The number of carbonyl (C=O) groups excluding carboxylic acids is 2. The Labute approximate surface area is 201 Å². The highest BCUT2D eigenvalue weighted by atomic mass is 32.1. The number of thiazole rings is 1. The molecule has 1 heterocycles. The van der Waals surface area contributed by atoms with E-state index in [1.807, 2.05) is 0 Å². The van der Waals surface area contributed by atoms with Crippen molar-refractivity contribution in [2.45, 2.75) is 13.8 Å². The average Bonchev–Trinajstić information content (AvgIpc) is 3.16. The molecule has 0 saturated carbocycles. The van der Waals surface area contributed by atoms with Gasteiger partial charge in [0.1, 0.15) is 0 Å². The van der Waals surface area contributed by atoms with Gasteiger partial charge in [0.15, 0.2) is 10.1 Å². The fraction of sp³-hybridized carbons (Fsp3) is 0.476. The lowest BCUT2D eigenvalue weighted by Crippen LogP contribution is -2.17. The number of benzene rings is 1. The normalized spacial score (nSPS) is 10.7. The first-order chi connectivity index (χ1) is 16.4. The molecule has 2 rings (SSSR count). The SMILES string of the molecule is CC(=O)Nc1cc(NCCOCCOCCOCCN)ccc1C(=O)Nc1nc(C)c(N=O)s1. The molecule has 34 heavy (non-hydrogen) atoms. The molecule has 2 amide bonds. The molecule has 0 aliphatic rings. The molecule has 1 aromatic heterocycles. The standard InChI is InChI=1S/C21H30N6O6S/c1-14-20(27-30)34-21(24-14)26-19(29)17-4-3-16(13-18(17)25-15(2)28)23-6-8-32-10-12-33-11-9-31-7-5-22/h3-4,13,23H,5-12,22H2,1-2H3,(H,25,28)(H,24,26,29). The Morgan fingerprint density at radius 2 is 1.74 bits per heavy atom. The predicted molar refractivity (Wildman–Crippen MR) is 131 cm³/mol. The van der Waals surface area contributed by atoms with E-state index in [1.54, 1.807) is 25.1 Å². The van der Waals surface area contributed by atoms with Crippen LogP contribution in [0.1, 0.15) is 23.0 Å². The number of ether oxygens (including phenoxy) is 3. The minimum Gasteiger partial charge on any atom is -0.383 e. The molecule has 13 heteroatoms. The highest BCUT2D eigenvalue weighted by molar-refractivity contribution is 7.19. The van der Waals surface area contributed by atoms with Gasteiger partial charge in [0.05, 0.1) is 56.6 Å². The number of nitrogens with two attached hydrogens (primary N) is 1. The second-order valence-corrected chi connectivity index (χ2v) is 7.93. The van der Waals surface area contributed by atoms with E-state index in [2.05, 4.69) is 26.1 Å². The van der Waals surface area contributed by atoms with E-state index in [4.69, 9.17) is 19.9 Å². The third-order valence-corrected chi connectivity index (χ3v) is 5.18. The van der Waals surface area contributed by atoms with Gasteiger partial charge < -0.3 is 30.6 Å². The monoisotopic (exact) mass is 494 g/mol. The Kier molecular flexibility index (Phi) is 12.1. The van der Waals surface area contributed by atoms with E-state index in [9.17, 15) is 14.5 Å². The van der Waals surface area contributed by atoms with Crippen LogP contribution in [0.15, 0.2) is 23.4 Å². The lowest BCUT2D eigenvalue weighted by molar-refractivity contribution is -0.114. The smallest absolute Gasteiger partial charge is 0.259 e. The van der Waals surface area contributed by atoms with Crippen LogP contribution in [-0.2, 0) is 19.0 Å². The molecule has 0 saturated heterocycles. The van der Waals surface area contributed by atoms with Crippen LogP contribution < -0.4 is 21.7 Å². The number of amides is 2. The number of hydrogen-bond donors (Lipinski definition) is 4. The molecular weight excluding hydrogens is 464 g/mol. The van der Waals surface area contributed by atoms with Crippen LogP contribution >= 0.6 is 11.3 Å². The van der Waals surface area contributed by atoms with Crippen molar-refractivity contribution in [1.29, 1.82) is 0 Å². The first-order valence-electron chi connectivity index (χ1n) is 10.7. The fourth-order valence-corrected chi connectivity index (χ4v) is 3.47. The van der Waals surface area contributed by atoms with Gasteiger partial charge >= 0.3 is 0 Å². The number of aromatic nitrogens is 1. The molecule has 0 aliphatic carbocycles. The minimum atomic E-state index is -0.474. The summed E-state index contributed by atoms with van der Waals surface area (Å²) in [4.78, 5) is 39.2. The maximum Gasteiger partial charge on any atom is 0.259 e. The zero-order chi connectivity index (χ0) is 24.8. The van der Waals surface area contributed by atoms with Gasteiger partial charge in [-0.05, 0) is 30.3 Å². The molecule has 0 atom stereocenters. The first kappa shape index (κ1) is 27.3. The number of hydrogen-bond acceptors (Lipinski definition) is 11. The molecule has 0 radical (unpaired) electrons. The quantitative estimate of drug-likeness (QED) is 0.202. The van der Waals surface area contributed by atoms with Crippen molar-refractivity contribution in [2.75, 3.05) is 68.7 Å². The Morgan fingerprint density at radius 3 is 2.35 bits per heavy atom. The van der Waals surface area contributed by atoms with Crippen molar-refractivity contribution in [2.24, 2.45) is 10.9 Å². The Balaban J connectivity index is 1.83. The van der Waals surface area contributed by atoms with Gasteiger partial charge in [-0.2, -0.15) is 0 Å². The Morgan fingerprint density at radius 1 is 1.06 bits per heavy atom. The summed E-state index contributed by atoms with van der Waals surface area (Å²) in [6.07, 6.45) is 0. The molecule has 5 N–H and O–H groups in total. The van der Waals surface area contributed by atoms with Gasteiger partial charge in [-0.15, -0.1) is 4.91 Å². The van der Waals surface area contributed by atoms with E-state index in [1.165, 1.54) is 6.92 Å². The third-order valence-electron chi connectivity index (χ3n) is 4.23. The molecule has 1 aromatic carbocycles. The maximum atomic E-state index is 12.7. The minimum absolute atomic E-state index is 0.197. The number of aryl methyl sites for hydroxylation is 1. The number of nitrogens with one attached hydrogen (secondary N) is 3. The van der Waals surface area contributed by atoms with Gasteiger partial charge in [0.2, 0.25) is 5.91 Å². The van der Waals surface area contributed by atoms with Crippen molar-refractivity contribution in [3.63, 3.8) is 0 Å². The Bertz CT molecular complexity index is 954. The fourth-order valence-electron chi connectivity index (χ4n) is 2.73. The molecule has 0 spiro atoms. The van der Waals surface area contributed by atoms with Crippen LogP contribution in [-0.4, -0.2) is 69.5 Å². The zero-order valence-corrected chi connectivity index (χ0v) is 20.0. The molecule has 0 fully saturated rings. The van der Waals surface area contributed by atoms with E-state index >= 15 is 0 Å². The van der Waals surface area contributed by atoms with Gasteiger partial charge in [0.25, 0.3) is 5.91 Å². The summed E-state index contributed by atoms with van der Waals surface area (Å²) < 4.78 is 16.1. The average molecular weight is 495 g/mol. The molecular formula is C21H30N6O6S. The lowest BCUT2D eigenvalue weighted by atomic mass is 10.1. The number of anilines is 3. The summed E-state index contributed by atoms with van der Waals surface area (Å²) >= 11 is 0.975. The van der Waals surface area contributed by atoms with Crippen LogP contribution in [0.2, 0.25) is 0 Å². The summed E-state index contributed by atoms with van der Waals surface area (Å²) in [6.45, 7) is 6.87. The van der Waals surface area contributed by atoms with Crippen molar-refractivity contribution in [1.82, 2.24) is 4.98 Å². The topological polar surface area (TPSA) is 166 Å². The summed E-state index contributed by atoms with van der Waals surface area (Å²) in [6, 6.07) is 4.96. The van der Waals surface area contributed by atoms with E-state index in [0.717, 1.165) is 11.3 Å². The number of nitrogens with zero attached hydrogens (tertiary/aromatic N) is 2. The highest BCUT2D eigenvalue weighted by Crippen LogP contribution is 2.31. The number of nitroso groups, excluding NO2 is 1. The van der Waals surface area contributed by atoms with Gasteiger partial charge in [-0.1, -0.05) is 11.3 Å².